The van der Waals surface area contributed by atoms with Gasteiger partial charge in [-0.05, 0) is 12.5 Å². The van der Waals surface area contributed by atoms with Crippen LogP contribution >= 0.6 is 0 Å². The number of rotatable bonds is 14. The number of carbonyl (C=O) groups excluding carboxylic acids is 1. The second-order valence-electron chi connectivity index (χ2n) is 6.05. The SMILES string of the molecule is C=CC(=O)N(CCCCCCCC)C[C@H](O)[C@@H](O)[C@H](O)[C@H](O)CO. The fourth-order valence-corrected chi connectivity index (χ4v) is 2.40. The van der Waals surface area contributed by atoms with Gasteiger partial charge >= 0.3 is 0 Å². The van der Waals surface area contributed by atoms with Gasteiger partial charge in [0.2, 0.25) is 5.91 Å². The number of unbranched alkanes of at least 4 members (excludes halogenated alkanes) is 5. The van der Waals surface area contributed by atoms with Crippen molar-refractivity contribution in [2.45, 2.75) is 69.9 Å². The van der Waals surface area contributed by atoms with E-state index in [1.165, 1.54) is 11.3 Å². The second kappa shape index (κ2) is 13.3. The highest BCUT2D eigenvalue weighted by atomic mass is 16.4. The van der Waals surface area contributed by atoms with Gasteiger partial charge in [0.25, 0.3) is 0 Å². The van der Waals surface area contributed by atoms with Crippen LogP contribution in [-0.2, 0) is 4.79 Å². The molecule has 7 heteroatoms. The van der Waals surface area contributed by atoms with Crippen molar-refractivity contribution in [1.82, 2.24) is 4.90 Å². The molecule has 7 nitrogen and oxygen atoms in total. The third-order valence-electron chi connectivity index (χ3n) is 4.00. The maximum absolute atomic E-state index is 11.9. The van der Waals surface area contributed by atoms with Gasteiger partial charge in [-0.25, -0.2) is 0 Å². The number of hydrogen-bond acceptors (Lipinski definition) is 6. The Labute approximate surface area is 144 Å². The first-order valence-corrected chi connectivity index (χ1v) is 8.63. The third-order valence-corrected chi connectivity index (χ3v) is 4.00. The Hall–Kier alpha value is -0.990. The van der Waals surface area contributed by atoms with Crippen LogP contribution < -0.4 is 0 Å². The molecule has 0 aliphatic carbocycles. The van der Waals surface area contributed by atoms with Crippen molar-refractivity contribution in [3.63, 3.8) is 0 Å². The van der Waals surface area contributed by atoms with Crippen LogP contribution in [-0.4, -0.2) is 80.5 Å². The minimum atomic E-state index is -1.69. The Morgan fingerprint density at radius 3 is 2.08 bits per heavy atom. The van der Waals surface area contributed by atoms with Crippen molar-refractivity contribution >= 4 is 5.91 Å². The van der Waals surface area contributed by atoms with Crippen LogP contribution in [0.5, 0.6) is 0 Å². The Bertz CT molecular complexity index is 352. The molecule has 0 aromatic carbocycles. The zero-order valence-corrected chi connectivity index (χ0v) is 14.5. The predicted octanol–water partition coefficient (Wildman–Crippen LogP) is -0.203. The molecule has 0 saturated heterocycles. The van der Waals surface area contributed by atoms with Crippen molar-refractivity contribution in [2.24, 2.45) is 0 Å². The van der Waals surface area contributed by atoms with Crippen molar-refractivity contribution in [1.29, 1.82) is 0 Å². The van der Waals surface area contributed by atoms with E-state index >= 15 is 0 Å². The summed E-state index contributed by atoms with van der Waals surface area (Å²) in [6, 6.07) is 0. The second-order valence-corrected chi connectivity index (χ2v) is 6.05. The van der Waals surface area contributed by atoms with Crippen LogP contribution in [0.2, 0.25) is 0 Å². The van der Waals surface area contributed by atoms with Crippen LogP contribution in [0, 0.1) is 0 Å². The lowest BCUT2D eigenvalue weighted by molar-refractivity contribution is -0.135. The fourth-order valence-electron chi connectivity index (χ4n) is 2.40. The van der Waals surface area contributed by atoms with Crippen LogP contribution in [0.25, 0.3) is 0 Å². The van der Waals surface area contributed by atoms with E-state index in [-0.39, 0.29) is 12.5 Å². The molecule has 0 fully saturated rings. The topological polar surface area (TPSA) is 121 Å². The molecular weight excluding hydrogens is 314 g/mol. The molecule has 142 valence electrons. The minimum absolute atomic E-state index is 0.184. The summed E-state index contributed by atoms with van der Waals surface area (Å²) in [5, 5.41) is 47.5. The van der Waals surface area contributed by atoms with Crippen molar-refractivity contribution < 1.29 is 30.3 Å². The monoisotopic (exact) mass is 347 g/mol. The highest BCUT2D eigenvalue weighted by Crippen LogP contribution is 2.10. The lowest BCUT2D eigenvalue weighted by atomic mass is 10.0. The first kappa shape index (κ1) is 23.0. The molecule has 0 aromatic heterocycles. The van der Waals surface area contributed by atoms with E-state index in [2.05, 4.69) is 13.5 Å². The summed E-state index contributed by atoms with van der Waals surface area (Å²) in [7, 11) is 0. The third kappa shape index (κ3) is 8.75. The lowest BCUT2D eigenvalue weighted by Crippen LogP contribution is -2.50. The van der Waals surface area contributed by atoms with Gasteiger partial charge in [0.15, 0.2) is 0 Å². The highest BCUT2D eigenvalue weighted by Gasteiger charge is 2.31. The van der Waals surface area contributed by atoms with Crippen LogP contribution in [0.15, 0.2) is 12.7 Å². The smallest absolute Gasteiger partial charge is 0.246 e. The van der Waals surface area contributed by atoms with Crippen molar-refractivity contribution in [2.75, 3.05) is 19.7 Å². The molecule has 0 unspecified atom stereocenters. The minimum Gasteiger partial charge on any atom is -0.394 e. The van der Waals surface area contributed by atoms with Crippen LogP contribution in [0.4, 0.5) is 0 Å². The predicted molar refractivity (Wildman–Crippen MR) is 91.3 cm³/mol. The van der Waals surface area contributed by atoms with Gasteiger partial charge in [0, 0.05) is 13.1 Å². The van der Waals surface area contributed by atoms with E-state index in [4.69, 9.17) is 5.11 Å². The number of amides is 1. The summed E-state index contributed by atoms with van der Waals surface area (Å²) in [6.45, 7) is 5.05. The van der Waals surface area contributed by atoms with Gasteiger partial charge in [-0.2, -0.15) is 0 Å². The summed E-state index contributed by atoms with van der Waals surface area (Å²) >= 11 is 0. The van der Waals surface area contributed by atoms with E-state index in [1.54, 1.807) is 0 Å². The Morgan fingerprint density at radius 1 is 1.00 bits per heavy atom. The standard InChI is InChI=1S/C17H33NO6/c1-3-5-6-7-8-9-10-18(15(22)4-2)11-13(20)16(23)17(24)14(21)12-19/h4,13-14,16-17,19-21,23-24H,2-3,5-12H2,1H3/t13-,14+,16+,17+/m0/s1. The van der Waals surface area contributed by atoms with E-state index < -0.39 is 31.0 Å². The normalized spacial score (nSPS) is 16.2. The quantitative estimate of drug-likeness (QED) is 0.219. The van der Waals surface area contributed by atoms with E-state index in [0.717, 1.165) is 38.2 Å². The molecule has 1 amide bonds. The number of nitrogens with zero attached hydrogens (tertiary/aromatic N) is 1. The molecule has 0 bridgehead atoms. The van der Waals surface area contributed by atoms with E-state index in [0.29, 0.717) is 6.54 Å². The fraction of sp³-hybridized carbons (Fsp3) is 0.824. The van der Waals surface area contributed by atoms with E-state index in [1.807, 2.05) is 0 Å². The zero-order chi connectivity index (χ0) is 18.5. The largest absolute Gasteiger partial charge is 0.394 e. The summed E-state index contributed by atoms with van der Waals surface area (Å²) in [5.41, 5.74) is 0. The van der Waals surface area contributed by atoms with Crippen molar-refractivity contribution in [3.8, 4) is 0 Å². The molecule has 0 heterocycles. The molecule has 0 spiro atoms. The summed E-state index contributed by atoms with van der Waals surface area (Å²) in [4.78, 5) is 13.2. The van der Waals surface area contributed by atoms with Gasteiger partial charge in [0.05, 0.1) is 6.61 Å². The average Bonchev–Trinajstić information content (AvgIpc) is 2.60. The summed E-state index contributed by atoms with van der Waals surface area (Å²) in [5.74, 6) is -0.369. The zero-order valence-electron chi connectivity index (χ0n) is 14.5. The molecule has 24 heavy (non-hydrogen) atoms. The summed E-state index contributed by atoms with van der Waals surface area (Å²) in [6.07, 6.45) is 1.08. The number of aliphatic hydroxyl groups is 5. The molecular formula is C17H33NO6. The first-order chi connectivity index (χ1) is 11.4. The molecule has 0 aliphatic heterocycles. The molecule has 0 radical (unpaired) electrons. The van der Waals surface area contributed by atoms with Crippen molar-refractivity contribution in [3.05, 3.63) is 12.7 Å². The Kier molecular flexibility index (Phi) is 12.8. The van der Waals surface area contributed by atoms with Gasteiger partial charge < -0.3 is 30.4 Å². The number of hydrogen-bond donors (Lipinski definition) is 5. The van der Waals surface area contributed by atoms with Gasteiger partial charge in [-0.15, -0.1) is 0 Å². The summed E-state index contributed by atoms with van der Waals surface area (Å²) < 4.78 is 0. The Morgan fingerprint density at radius 2 is 1.54 bits per heavy atom. The molecule has 0 saturated carbocycles. The molecule has 4 atom stereocenters. The van der Waals surface area contributed by atoms with E-state index in [9.17, 15) is 25.2 Å². The number of carbonyl (C=O) groups is 1. The van der Waals surface area contributed by atoms with Crippen LogP contribution in [0.3, 0.4) is 0 Å². The lowest BCUT2D eigenvalue weighted by Gasteiger charge is -2.30. The average molecular weight is 347 g/mol. The van der Waals surface area contributed by atoms with Gasteiger partial charge in [-0.3, -0.25) is 4.79 Å². The molecule has 0 rings (SSSR count). The van der Waals surface area contributed by atoms with Crippen LogP contribution in [0.1, 0.15) is 45.4 Å². The van der Waals surface area contributed by atoms with Gasteiger partial charge in [0.1, 0.15) is 24.4 Å². The van der Waals surface area contributed by atoms with Gasteiger partial charge in [-0.1, -0.05) is 45.6 Å². The maximum atomic E-state index is 11.9. The molecule has 0 aromatic rings. The first-order valence-electron chi connectivity index (χ1n) is 8.63. The number of aliphatic hydroxyl groups excluding tert-OH is 5. The molecule has 5 N–H and O–H groups in total. The molecule has 0 aliphatic rings. The Balaban J connectivity index is 4.45. The highest BCUT2D eigenvalue weighted by molar-refractivity contribution is 5.87. The maximum Gasteiger partial charge on any atom is 0.246 e.